The molecule has 0 bridgehead atoms. The Morgan fingerprint density at radius 3 is 1.53 bits per heavy atom. The molecular formula is C9H23NO5. The van der Waals surface area contributed by atoms with Crippen molar-refractivity contribution in [2.24, 2.45) is 0 Å². The molecule has 0 heterocycles. The van der Waals surface area contributed by atoms with Gasteiger partial charge >= 0.3 is 0 Å². The van der Waals surface area contributed by atoms with Crippen LogP contribution in [0.5, 0.6) is 0 Å². The Morgan fingerprint density at radius 2 is 1.40 bits per heavy atom. The van der Waals surface area contributed by atoms with E-state index in [-0.39, 0.29) is 13.2 Å². The molecule has 0 saturated carbocycles. The van der Waals surface area contributed by atoms with Crippen LogP contribution in [0.15, 0.2) is 0 Å². The highest BCUT2D eigenvalue weighted by Crippen LogP contribution is 1.68. The quantitative estimate of drug-likeness (QED) is 0.461. The van der Waals surface area contributed by atoms with Crippen LogP contribution in [0.1, 0.15) is 0 Å². The maximum Gasteiger partial charge on any atom is 0.209 e. The normalized spacial score (nSPS) is 7.87. The summed E-state index contributed by atoms with van der Waals surface area (Å²) in [5.41, 5.74) is 0. The summed E-state index contributed by atoms with van der Waals surface area (Å²) in [5, 5.41) is 16.2. The average molecular weight is 225 g/mol. The van der Waals surface area contributed by atoms with Gasteiger partial charge in [0.1, 0.15) is 0 Å². The largest absolute Gasteiger partial charge is 0.394 e. The van der Waals surface area contributed by atoms with Crippen LogP contribution in [-0.2, 0) is 14.3 Å². The first kappa shape index (κ1) is 19.8. The number of methoxy groups -OCH3 is 1. The average Bonchev–Trinajstić information content (AvgIpc) is 2.21. The summed E-state index contributed by atoms with van der Waals surface area (Å²) < 4.78 is 8.88. The Morgan fingerprint density at radius 1 is 1.13 bits per heavy atom. The highest BCUT2D eigenvalue weighted by Gasteiger charge is 1.79. The Labute approximate surface area is 91.4 Å². The number of aliphatic hydroxyl groups excluding tert-OH is 2. The molecule has 0 atom stereocenters. The topological polar surface area (TPSA) is 79.2 Å². The fourth-order valence-electron chi connectivity index (χ4n) is 0.231. The second-order valence-corrected chi connectivity index (χ2v) is 2.54. The van der Waals surface area contributed by atoms with Gasteiger partial charge in [-0.3, -0.25) is 4.79 Å². The SMILES string of the molecule is CN(C)C=O.COC.OCCOCCO. The summed E-state index contributed by atoms with van der Waals surface area (Å²) >= 11 is 0. The Hall–Kier alpha value is -0.690. The zero-order valence-corrected chi connectivity index (χ0v) is 9.97. The number of hydrogen-bond acceptors (Lipinski definition) is 5. The second-order valence-electron chi connectivity index (χ2n) is 2.54. The molecule has 0 aromatic carbocycles. The van der Waals surface area contributed by atoms with Crippen molar-refractivity contribution in [1.29, 1.82) is 0 Å². The molecule has 0 rings (SSSR count). The number of ether oxygens (including phenoxy) is 2. The maximum absolute atomic E-state index is 9.43. The van der Waals surface area contributed by atoms with E-state index in [4.69, 9.17) is 10.2 Å². The van der Waals surface area contributed by atoms with E-state index >= 15 is 0 Å². The van der Waals surface area contributed by atoms with E-state index in [0.29, 0.717) is 13.2 Å². The molecule has 0 radical (unpaired) electrons. The summed E-state index contributed by atoms with van der Waals surface area (Å²) in [4.78, 5) is 10.9. The molecular weight excluding hydrogens is 202 g/mol. The molecule has 0 aromatic heterocycles. The van der Waals surface area contributed by atoms with E-state index in [2.05, 4.69) is 9.47 Å². The van der Waals surface area contributed by atoms with E-state index in [1.54, 1.807) is 28.3 Å². The third-order valence-electron chi connectivity index (χ3n) is 0.682. The van der Waals surface area contributed by atoms with Crippen LogP contribution in [0.4, 0.5) is 0 Å². The van der Waals surface area contributed by atoms with Crippen LogP contribution < -0.4 is 0 Å². The Bertz CT molecular complexity index is 96.5. The molecule has 6 nitrogen and oxygen atoms in total. The highest BCUT2D eigenvalue weighted by molar-refractivity contribution is 5.45. The number of carbonyl (C=O) groups excluding carboxylic acids is 1. The summed E-state index contributed by atoms with van der Waals surface area (Å²) in [6, 6.07) is 0. The Kier molecular flexibility index (Phi) is 30.7. The number of hydrogen-bond donors (Lipinski definition) is 2. The lowest BCUT2D eigenvalue weighted by Crippen LogP contribution is -2.06. The molecule has 0 fully saturated rings. The van der Waals surface area contributed by atoms with Gasteiger partial charge in [-0.2, -0.15) is 0 Å². The monoisotopic (exact) mass is 225 g/mol. The van der Waals surface area contributed by atoms with E-state index in [0.717, 1.165) is 6.41 Å². The van der Waals surface area contributed by atoms with Gasteiger partial charge in [0, 0.05) is 28.3 Å². The number of rotatable bonds is 5. The van der Waals surface area contributed by atoms with Crippen LogP contribution in [0.3, 0.4) is 0 Å². The first-order valence-electron chi connectivity index (χ1n) is 4.41. The molecule has 0 saturated heterocycles. The second kappa shape index (κ2) is 23.3. The molecule has 2 N–H and O–H groups in total. The van der Waals surface area contributed by atoms with Crippen molar-refractivity contribution in [3.8, 4) is 0 Å². The van der Waals surface area contributed by atoms with Gasteiger partial charge in [-0.1, -0.05) is 0 Å². The van der Waals surface area contributed by atoms with Gasteiger partial charge in [0.2, 0.25) is 6.41 Å². The number of nitrogens with zero attached hydrogens (tertiary/aromatic N) is 1. The molecule has 0 aliphatic rings. The minimum Gasteiger partial charge on any atom is -0.394 e. The predicted octanol–water partition coefficient (Wildman–Crippen LogP) is -1.05. The smallest absolute Gasteiger partial charge is 0.209 e. The zero-order chi connectivity index (χ0) is 12.5. The van der Waals surface area contributed by atoms with Crippen LogP contribution in [0.2, 0.25) is 0 Å². The minimum atomic E-state index is 0.0278. The maximum atomic E-state index is 9.43. The van der Waals surface area contributed by atoms with Crippen molar-refractivity contribution in [2.75, 3.05) is 54.7 Å². The van der Waals surface area contributed by atoms with Crippen LogP contribution >= 0.6 is 0 Å². The Balaban J connectivity index is -0.000000158. The highest BCUT2D eigenvalue weighted by atomic mass is 16.5. The first-order chi connectivity index (χ1) is 7.10. The zero-order valence-electron chi connectivity index (χ0n) is 9.97. The molecule has 94 valence electrons. The van der Waals surface area contributed by atoms with Gasteiger partial charge in [0.25, 0.3) is 0 Å². The van der Waals surface area contributed by atoms with Gasteiger partial charge in [-0.05, 0) is 0 Å². The molecule has 0 spiro atoms. The molecule has 6 heteroatoms. The molecule has 0 aliphatic carbocycles. The fourth-order valence-corrected chi connectivity index (χ4v) is 0.231. The van der Waals surface area contributed by atoms with Crippen molar-refractivity contribution < 1.29 is 24.5 Å². The predicted molar refractivity (Wildman–Crippen MR) is 57.7 cm³/mol. The van der Waals surface area contributed by atoms with Gasteiger partial charge in [-0.15, -0.1) is 0 Å². The van der Waals surface area contributed by atoms with E-state index in [9.17, 15) is 4.79 Å². The van der Waals surface area contributed by atoms with E-state index in [1.807, 2.05) is 0 Å². The lowest BCUT2D eigenvalue weighted by molar-refractivity contribution is -0.115. The molecule has 0 unspecified atom stereocenters. The van der Waals surface area contributed by atoms with Crippen molar-refractivity contribution in [3.05, 3.63) is 0 Å². The van der Waals surface area contributed by atoms with Gasteiger partial charge in [0.05, 0.1) is 26.4 Å². The molecule has 1 amide bonds. The third kappa shape index (κ3) is 60.4. The molecule has 0 aliphatic heterocycles. The summed E-state index contributed by atoms with van der Waals surface area (Å²) in [5.74, 6) is 0. The number of amides is 1. The van der Waals surface area contributed by atoms with Crippen molar-refractivity contribution >= 4 is 6.41 Å². The third-order valence-corrected chi connectivity index (χ3v) is 0.682. The van der Waals surface area contributed by atoms with E-state index in [1.165, 1.54) is 4.90 Å². The van der Waals surface area contributed by atoms with Gasteiger partial charge in [0.15, 0.2) is 0 Å². The van der Waals surface area contributed by atoms with Crippen molar-refractivity contribution in [3.63, 3.8) is 0 Å². The van der Waals surface area contributed by atoms with Crippen LogP contribution in [-0.4, -0.2) is 76.3 Å². The lowest BCUT2D eigenvalue weighted by Gasteiger charge is -1.94. The van der Waals surface area contributed by atoms with Gasteiger partial charge < -0.3 is 24.6 Å². The number of carbonyl (C=O) groups is 1. The van der Waals surface area contributed by atoms with E-state index < -0.39 is 0 Å². The van der Waals surface area contributed by atoms with Crippen molar-refractivity contribution in [1.82, 2.24) is 4.90 Å². The summed E-state index contributed by atoms with van der Waals surface area (Å²) in [6.07, 6.45) is 0.750. The first-order valence-corrected chi connectivity index (χ1v) is 4.41. The van der Waals surface area contributed by atoms with Gasteiger partial charge in [-0.25, -0.2) is 0 Å². The lowest BCUT2D eigenvalue weighted by atomic mass is 10.7. The molecule has 15 heavy (non-hydrogen) atoms. The summed E-state index contributed by atoms with van der Waals surface area (Å²) in [7, 11) is 6.62. The molecule has 0 aromatic rings. The minimum absolute atomic E-state index is 0.0278. The van der Waals surface area contributed by atoms with Crippen LogP contribution in [0, 0.1) is 0 Å². The van der Waals surface area contributed by atoms with Crippen LogP contribution in [0.25, 0.3) is 0 Å². The number of aliphatic hydroxyl groups is 2. The van der Waals surface area contributed by atoms with Crippen molar-refractivity contribution in [2.45, 2.75) is 0 Å². The summed E-state index contributed by atoms with van der Waals surface area (Å²) in [6.45, 7) is 0.696. The fraction of sp³-hybridized carbons (Fsp3) is 0.889. The standard InChI is InChI=1S/C4H10O3.C3H7NO.C2H6O/c5-1-3-7-4-2-6;1-4(2)3-5;1-3-2/h5-6H,1-4H2;3H,1-2H3;1-2H3.